The Morgan fingerprint density at radius 1 is 1.21 bits per heavy atom. The van der Waals surface area contributed by atoms with E-state index in [9.17, 15) is 9.59 Å². The molecular weight excluding hydrogens is 246 g/mol. The highest BCUT2D eigenvalue weighted by atomic mass is 16.5. The van der Waals surface area contributed by atoms with Gasteiger partial charge in [-0.05, 0) is 19.4 Å². The van der Waals surface area contributed by atoms with E-state index in [1.54, 1.807) is 4.90 Å². The highest BCUT2D eigenvalue weighted by molar-refractivity contribution is 5.80. The molecule has 0 aromatic rings. The SMILES string of the molecule is COCC(=O)N1CCN(C(=O)[C@@H]2CCCNC2)CC1. The van der Waals surface area contributed by atoms with Gasteiger partial charge < -0.3 is 19.9 Å². The average Bonchev–Trinajstić information content (AvgIpc) is 2.48. The van der Waals surface area contributed by atoms with E-state index in [1.165, 1.54) is 7.11 Å². The van der Waals surface area contributed by atoms with E-state index in [2.05, 4.69) is 5.32 Å². The molecule has 1 atom stereocenters. The summed E-state index contributed by atoms with van der Waals surface area (Å²) in [6.07, 6.45) is 2.05. The van der Waals surface area contributed by atoms with Gasteiger partial charge in [0, 0.05) is 39.8 Å². The first-order chi connectivity index (χ1) is 9.22. The molecule has 6 heteroatoms. The second-order valence-corrected chi connectivity index (χ2v) is 5.18. The van der Waals surface area contributed by atoms with E-state index in [0.717, 1.165) is 25.9 Å². The minimum Gasteiger partial charge on any atom is -0.375 e. The van der Waals surface area contributed by atoms with Crippen LogP contribution in [0.2, 0.25) is 0 Å². The third-order valence-electron chi connectivity index (χ3n) is 3.86. The molecule has 0 aromatic heterocycles. The molecule has 2 rings (SSSR count). The summed E-state index contributed by atoms with van der Waals surface area (Å²) in [7, 11) is 1.52. The van der Waals surface area contributed by atoms with Crippen LogP contribution < -0.4 is 5.32 Å². The maximum atomic E-state index is 12.3. The van der Waals surface area contributed by atoms with Gasteiger partial charge >= 0.3 is 0 Å². The molecule has 2 saturated heterocycles. The maximum Gasteiger partial charge on any atom is 0.248 e. The predicted molar refractivity (Wildman–Crippen MR) is 70.6 cm³/mol. The van der Waals surface area contributed by atoms with Crippen molar-refractivity contribution >= 4 is 11.8 Å². The van der Waals surface area contributed by atoms with Crippen LogP contribution in [0.5, 0.6) is 0 Å². The van der Waals surface area contributed by atoms with Gasteiger partial charge in [0.15, 0.2) is 0 Å². The van der Waals surface area contributed by atoms with E-state index in [0.29, 0.717) is 26.2 Å². The number of piperazine rings is 1. The Kier molecular flexibility index (Phi) is 5.15. The zero-order valence-corrected chi connectivity index (χ0v) is 11.6. The number of hydrogen-bond acceptors (Lipinski definition) is 4. The number of rotatable bonds is 3. The molecule has 2 aliphatic rings. The molecular formula is C13H23N3O3. The molecule has 6 nitrogen and oxygen atoms in total. The van der Waals surface area contributed by atoms with Gasteiger partial charge in [-0.2, -0.15) is 0 Å². The van der Waals surface area contributed by atoms with Crippen LogP contribution in [-0.2, 0) is 14.3 Å². The lowest BCUT2D eigenvalue weighted by atomic mass is 9.98. The number of hydrogen-bond donors (Lipinski definition) is 1. The highest BCUT2D eigenvalue weighted by Gasteiger charge is 2.29. The van der Waals surface area contributed by atoms with Crippen LogP contribution in [0.25, 0.3) is 0 Å². The van der Waals surface area contributed by atoms with Gasteiger partial charge in [0.25, 0.3) is 0 Å². The van der Waals surface area contributed by atoms with Gasteiger partial charge in [0.05, 0.1) is 5.92 Å². The van der Waals surface area contributed by atoms with Gasteiger partial charge in [-0.1, -0.05) is 0 Å². The zero-order chi connectivity index (χ0) is 13.7. The molecule has 2 amide bonds. The number of nitrogens with one attached hydrogen (secondary N) is 1. The number of methoxy groups -OCH3 is 1. The lowest BCUT2D eigenvalue weighted by Gasteiger charge is -2.37. The van der Waals surface area contributed by atoms with E-state index in [-0.39, 0.29) is 24.3 Å². The fraction of sp³-hybridized carbons (Fsp3) is 0.846. The summed E-state index contributed by atoms with van der Waals surface area (Å²) in [6, 6.07) is 0. The first kappa shape index (κ1) is 14.3. The molecule has 0 saturated carbocycles. The Morgan fingerprint density at radius 3 is 2.47 bits per heavy atom. The van der Waals surface area contributed by atoms with Crippen molar-refractivity contribution in [2.45, 2.75) is 12.8 Å². The molecule has 19 heavy (non-hydrogen) atoms. The van der Waals surface area contributed by atoms with Gasteiger partial charge in [-0.25, -0.2) is 0 Å². The normalized spacial score (nSPS) is 24.4. The number of nitrogens with zero attached hydrogens (tertiary/aromatic N) is 2. The summed E-state index contributed by atoms with van der Waals surface area (Å²) >= 11 is 0. The Hall–Kier alpha value is -1.14. The quantitative estimate of drug-likeness (QED) is 0.736. The Labute approximate surface area is 114 Å². The molecule has 0 aliphatic carbocycles. The summed E-state index contributed by atoms with van der Waals surface area (Å²) in [5.74, 6) is 0.370. The molecule has 2 heterocycles. The second-order valence-electron chi connectivity index (χ2n) is 5.18. The molecule has 2 aliphatic heterocycles. The predicted octanol–water partition coefficient (Wildman–Crippen LogP) is -0.697. The van der Waals surface area contributed by atoms with E-state index in [4.69, 9.17) is 4.74 Å². The standard InChI is InChI=1S/C13H23N3O3/c1-19-10-12(17)15-5-7-16(8-6-15)13(18)11-3-2-4-14-9-11/h11,14H,2-10H2,1H3/t11-/m1/s1. The Morgan fingerprint density at radius 2 is 1.89 bits per heavy atom. The molecule has 0 bridgehead atoms. The molecule has 0 spiro atoms. The van der Waals surface area contributed by atoms with Crippen molar-refractivity contribution < 1.29 is 14.3 Å². The van der Waals surface area contributed by atoms with E-state index in [1.807, 2.05) is 4.90 Å². The first-order valence-electron chi connectivity index (χ1n) is 6.98. The van der Waals surface area contributed by atoms with Crippen molar-refractivity contribution in [1.82, 2.24) is 15.1 Å². The van der Waals surface area contributed by atoms with Crippen LogP contribution >= 0.6 is 0 Å². The van der Waals surface area contributed by atoms with Crippen molar-refractivity contribution in [2.24, 2.45) is 5.92 Å². The molecule has 1 N–H and O–H groups in total. The third-order valence-corrected chi connectivity index (χ3v) is 3.86. The molecule has 108 valence electrons. The highest BCUT2D eigenvalue weighted by Crippen LogP contribution is 2.15. The number of carbonyl (C=O) groups excluding carboxylic acids is 2. The molecule has 0 aromatic carbocycles. The average molecular weight is 269 g/mol. The van der Waals surface area contributed by atoms with E-state index < -0.39 is 0 Å². The van der Waals surface area contributed by atoms with Gasteiger partial charge in [-0.15, -0.1) is 0 Å². The minimum absolute atomic E-state index is 0.00827. The zero-order valence-electron chi connectivity index (χ0n) is 11.6. The number of piperidine rings is 1. The van der Waals surface area contributed by atoms with Gasteiger partial charge in [0.2, 0.25) is 11.8 Å². The number of ether oxygens (including phenoxy) is 1. The second kappa shape index (κ2) is 6.86. The number of amides is 2. The van der Waals surface area contributed by atoms with Crippen LogP contribution in [0.15, 0.2) is 0 Å². The van der Waals surface area contributed by atoms with Crippen LogP contribution in [0.4, 0.5) is 0 Å². The van der Waals surface area contributed by atoms with Gasteiger partial charge in [-0.3, -0.25) is 9.59 Å². The van der Waals surface area contributed by atoms with Crippen molar-refractivity contribution in [3.63, 3.8) is 0 Å². The van der Waals surface area contributed by atoms with Crippen molar-refractivity contribution in [3.8, 4) is 0 Å². The van der Waals surface area contributed by atoms with Crippen LogP contribution in [-0.4, -0.2) is 74.6 Å². The summed E-state index contributed by atoms with van der Waals surface area (Å²) < 4.78 is 4.85. The molecule has 2 fully saturated rings. The smallest absolute Gasteiger partial charge is 0.248 e. The largest absolute Gasteiger partial charge is 0.375 e. The number of carbonyl (C=O) groups is 2. The fourth-order valence-electron chi connectivity index (χ4n) is 2.71. The third kappa shape index (κ3) is 3.67. The minimum atomic E-state index is 0.00827. The fourth-order valence-corrected chi connectivity index (χ4v) is 2.71. The Bertz CT molecular complexity index is 321. The van der Waals surface area contributed by atoms with Crippen LogP contribution in [0.3, 0.4) is 0 Å². The summed E-state index contributed by atoms with van der Waals surface area (Å²) in [4.78, 5) is 27.6. The van der Waals surface area contributed by atoms with Crippen LogP contribution in [0, 0.1) is 5.92 Å². The van der Waals surface area contributed by atoms with Crippen LogP contribution in [0.1, 0.15) is 12.8 Å². The maximum absolute atomic E-state index is 12.3. The van der Waals surface area contributed by atoms with E-state index >= 15 is 0 Å². The molecule has 0 radical (unpaired) electrons. The van der Waals surface area contributed by atoms with Crippen molar-refractivity contribution in [1.29, 1.82) is 0 Å². The monoisotopic (exact) mass is 269 g/mol. The lowest BCUT2D eigenvalue weighted by molar-refractivity contribution is -0.144. The topological polar surface area (TPSA) is 61.9 Å². The van der Waals surface area contributed by atoms with Crippen molar-refractivity contribution in [3.05, 3.63) is 0 Å². The summed E-state index contributed by atoms with van der Waals surface area (Å²) in [6.45, 7) is 4.46. The Balaban J connectivity index is 1.79. The summed E-state index contributed by atoms with van der Waals surface area (Å²) in [5, 5.41) is 3.27. The lowest BCUT2D eigenvalue weighted by Crippen LogP contribution is -2.53. The first-order valence-corrected chi connectivity index (χ1v) is 6.98. The summed E-state index contributed by atoms with van der Waals surface area (Å²) in [5.41, 5.74) is 0. The van der Waals surface area contributed by atoms with Crippen molar-refractivity contribution in [2.75, 3.05) is 53.0 Å². The van der Waals surface area contributed by atoms with Gasteiger partial charge in [0.1, 0.15) is 6.61 Å². The molecule has 0 unspecified atom stereocenters.